The van der Waals surface area contributed by atoms with Gasteiger partial charge in [-0.1, -0.05) is 79.7 Å². The molecule has 0 unspecified atom stereocenters. The summed E-state index contributed by atoms with van der Waals surface area (Å²) in [5.41, 5.74) is 9.13. The van der Waals surface area contributed by atoms with E-state index in [9.17, 15) is 14.7 Å². The predicted octanol–water partition coefficient (Wildman–Crippen LogP) is 4.04. The van der Waals surface area contributed by atoms with Crippen LogP contribution < -0.4 is 10.5 Å². The minimum Gasteiger partial charge on any atom is -0.489 e. The number of carbonyl (C=O) groups excluding carboxylic acids is 1. The summed E-state index contributed by atoms with van der Waals surface area (Å²) in [5.74, 6) is -0.800. The summed E-state index contributed by atoms with van der Waals surface area (Å²) in [5, 5.41) is 9.82. The topological polar surface area (TPSA) is 102 Å². The number of carboxylic acids is 1. The number of rotatable bonds is 14. The van der Waals surface area contributed by atoms with Gasteiger partial charge < -0.3 is 25.2 Å². The lowest BCUT2D eigenvalue weighted by Gasteiger charge is -2.31. The number of nitrogens with two attached hydrogens (primary N) is 1. The zero-order chi connectivity index (χ0) is 25.8. The largest absolute Gasteiger partial charge is 0.489 e. The van der Waals surface area contributed by atoms with E-state index in [1.807, 2.05) is 91.9 Å². The second kappa shape index (κ2) is 14.0. The highest BCUT2D eigenvalue weighted by molar-refractivity contribution is 5.87. The van der Waals surface area contributed by atoms with Crippen LogP contribution in [0.1, 0.15) is 30.0 Å². The van der Waals surface area contributed by atoms with E-state index in [1.54, 1.807) is 0 Å². The Labute approximate surface area is 212 Å². The number of aliphatic carboxylic acids is 1. The molecule has 0 bridgehead atoms. The van der Waals surface area contributed by atoms with Gasteiger partial charge >= 0.3 is 5.97 Å². The summed E-state index contributed by atoms with van der Waals surface area (Å²) < 4.78 is 11.5. The van der Waals surface area contributed by atoms with Crippen LogP contribution in [0.5, 0.6) is 5.75 Å². The van der Waals surface area contributed by atoms with Crippen LogP contribution in [-0.4, -0.2) is 47.1 Å². The molecule has 36 heavy (non-hydrogen) atoms. The van der Waals surface area contributed by atoms with Gasteiger partial charge in [-0.3, -0.25) is 4.79 Å². The van der Waals surface area contributed by atoms with Gasteiger partial charge in [-0.25, -0.2) is 4.79 Å². The highest BCUT2D eigenvalue weighted by Gasteiger charge is 2.32. The van der Waals surface area contributed by atoms with E-state index in [0.29, 0.717) is 13.0 Å². The molecule has 0 radical (unpaired) electrons. The van der Waals surface area contributed by atoms with Gasteiger partial charge in [0.25, 0.3) is 0 Å². The molecule has 0 fully saturated rings. The van der Waals surface area contributed by atoms with Crippen LogP contribution in [-0.2, 0) is 34.0 Å². The summed E-state index contributed by atoms with van der Waals surface area (Å²) in [4.78, 5) is 26.5. The lowest BCUT2D eigenvalue weighted by Crippen LogP contribution is -2.54. The lowest BCUT2D eigenvalue weighted by atomic mass is 10.0. The van der Waals surface area contributed by atoms with Crippen molar-refractivity contribution in [1.29, 1.82) is 0 Å². The summed E-state index contributed by atoms with van der Waals surface area (Å²) in [6.07, 6.45) is 0.892. The predicted molar refractivity (Wildman–Crippen MR) is 138 cm³/mol. The van der Waals surface area contributed by atoms with Crippen LogP contribution in [0, 0.1) is 0 Å². The molecule has 3 aromatic carbocycles. The number of nitrogens with zero attached hydrogens (tertiary/aromatic N) is 1. The number of carboxylic acid groups (broad SMARTS) is 1. The Bertz CT molecular complexity index is 1070. The Morgan fingerprint density at radius 1 is 0.861 bits per heavy atom. The molecule has 3 N–H and O–H groups in total. The second-order valence-electron chi connectivity index (χ2n) is 8.62. The van der Waals surface area contributed by atoms with Crippen LogP contribution in [0.2, 0.25) is 0 Å². The molecular weight excluding hydrogens is 456 g/mol. The molecule has 7 heteroatoms. The van der Waals surface area contributed by atoms with Crippen molar-refractivity contribution in [2.75, 3.05) is 13.2 Å². The van der Waals surface area contributed by atoms with E-state index in [0.717, 1.165) is 22.4 Å². The molecule has 1 amide bonds. The van der Waals surface area contributed by atoms with Gasteiger partial charge in [0.05, 0.1) is 19.3 Å². The number of ether oxygens (including phenoxy) is 2. The first-order chi connectivity index (χ1) is 17.5. The number of hydrogen-bond acceptors (Lipinski definition) is 5. The maximum atomic E-state index is 13.2. The number of carbonyl (C=O) groups is 2. The Morgan fingerprint density at radius 3 is 2.00 bits per heavy atom. The van der Waals surface area contributed by atoms with Gasteiger partial charge in [-0.2, -0.15) is 0 Å². The van der Waals surface area contributed by atoms with Gasteiger partial charge in [0.2, 0.25) is 5.91 Å². The molecule has 0 saturated heterocycles. The second-order valence-corrected chi connectivity index (χ2v) is 8.62. The molecule has 7 nitrogen and oxygen atoms in total. The highest BCUT2D eigenvalue weighted by Crippen LogP contribution is 2.16. The summed E-state index contributed by atoms with van der Waals surface area (Å²) in [7, 11) is 0. The number of hydrogen-bond donors (Lipinski definition) is 2. The quantitative estimate of drug-likeness (QED) is 0.354. The standard InChI is InChI=1S/C29H34N2O5/c1-2-17-31(27(29(33)34)21-35-19-23-9-5-3-6-10-23)28(32)26(30)18-22-13-15-25(16-14-22)36-20-24-11-7-4-8-12-24/h3-16,26-27H,2,17-21,30H2,1H3,(H,33,34)/t26-,27+/m0/s1. The first kappa shape index (κ1) is 26.9. The Balaban J connectivity index is 1.57. The van der Waals surface area contributed by atoms with E-state index in [4.69, 9.17) is 15.2 Å². The van der Waals surface area contributed by atoms with Gasteiger partial charge in [0.1, 0.15) is 12.4 Å². The Morgan fingerprint density at radius 2 is 1.44 bits per heavy atom. The van der Waals surface area contributed by atoms with Gasteiger partial charge in [-0.15, -0.1) is 0 Å². The van der Waals surface area contributed by atoms with E-state index < -0.39 is 24.0 Å². The molecule has 3 aromatic rings. The van der Waals surface area contributed by atoms with Crippen molar-refractivity contribution in [3.05, 3.63) is 102 Å². The molecule has 0 aliphatic rings. The fourth-order valence-corrected chi connectivity index (χ4v) is 3.83. The molecular formula is C29H34N2O5. The summed E-state index contributed by atoms with van der Waals surface area (Å²) in [6, 6.07) is 24.8. The van der Waals surface area contributed by atoms with Crippen molar-refractivity contribution >= 4 is 11.9 Å². The average Bonchev–Trinajstić information content (AvgIpc) is 2.90. The van der Waals surface area contributed by atoms with Crippen molar-refractivity contribution in [3.63, 3.8) is 0 Å². The third kappa shape index (κ3) is 8.22. The van der Waals surface area contributed by atoms with E-state index >= 15 is 0 Å². The first-order valence-electron chi connectivity index (χ1n) is 12.1. The molecule has 190 valence electrons. The average molecular weight is 491 g/mol. The SMILES string of the molecule is CCCN(C(=O)[C@@H](N)Cc1ccc(OCc2ccccc2)cc1)[C@H](COCc1ccccc1)C(=O)O. The van der Waals surface area contributed by atoms with Crippen LogP contribution in [0.25, 0.3) is 0 Å². The van der Waals surface area contributed by atoms with E-state index in [-0.39, 0.29) is 26.2 Å². The van der Waals surface area contributed by atoms with E-state index in [2.05, 4.69) is 0 Å². The number of amides is 1. The van der Waals surface area contributed by atoms with E-state index in [1.165, 1.54) is 4.90 Å². The lowest BCUT2D eigenvalue weighted by molar-refractivity contribution is -0.153. The fraction of sp³-hybridized carbons (Fsp3) is 0.310. The van der Waals surface area contributed by atoms with Crippen LogP contribution >= 0.6 is 0 Å². The van der Waals surface area contributed by atoms with Crippen molar-refractivity contribution in [3.8, 4) is 5.75 Å². The van der Waals surface area contributed by atoms with Crippen molar-refractivity contribution < 1.29 is 24.2 Å². The van der Waals surface area contributed by atoms with Crippen molar-refractivity contribution in [2.24, 2.45) is 5.73 Å². The zero-order valence-corrected chi connectivity index (χ0v) is 20.6. The van der Waals surface area contributed by atoms with Gasteiger partial charge in [0.15, 0.2) is 6.04 Å². The highest BCUT2D eigenvalue weighted by atomic mass is 16.5. The normalized spacial score (nSPS) is 12.5. The maximum Gasteiger partial charge on any atom is 0.328 e. The molecule has 0 saturated carbocycles. The first-order valence-corrected chi connectivity index (χ1v) is 12.1. The minimum absolute atomic E-state index is 0.115. The van der Waals surface area contributed by atoms with Crippen molar-refractivity contribution in [2.45, 2.75) is 45.1 Å². The van der Waals surface area contributed by atoms with Crippen LogP contribution in [0.3, 0.4) is 0 Å². The molecule has 0 aliphatic carbocycles. The maximum absolute atomic E-state index is 13.2. The Hall–Kier alpha value is -3.68. The monoisotopic (exact) mass is 490 g/mol. The molecule has 0 heterocycles. The minimum atomic E-state index is -1.11. The van der Waals surface area contributed by atoms with Gasteiger partial charge in [0, 0.05) is 6.54 Å². The fourth-order valence-electron chi connectivity index (χ4n) is 3.83. The molecule has 3 rings (SSSR count). The molecule has 0 aliphatic heterocycles. The third-order valence-electron chi connectivity index (χ3n) is 5.74. The molecule has 0 spiro atoms. The summed E-state index contributed by atoms with van der Waals surface area (Å²) >= 11 is 0. The third-order valence-corrected chi connectivity index (χ3v) is 5.74. The Kier molecular flexibility index (Phi) is 10.5. The summed E-state index contributed by atoms with van der Waals surface area (Å²) in [6.45, 7) is 2.79. The van der Waals surface area contributed by atoms with Gasteiger partial charge in [-0.05, 0) is 41.7 Å². The zero-order valence-electron chi connectivity index (χ0n) is 20.6. The van der Waals surface area contributed by atoms with Crippen molar-refractivity contribution in [1.82, 2.24) is 4.90 Å². The van der Waals surface area contributed by atoms with Crippen LogP contribution in [0.4, 0.5) is 0 Å². The molecule has 2 atom stereocenters. The smallest absolute Gasteiger partial charge is 0.328 e. The molecule has 0 aromatic heterocycles. The van der Waals surface area contributed by atoms with Crippen LogP contribution in [0.15, 0.2) is 84.9 Å². The number of benzene rings is 3.